The van der Waals surface area contributed by atoms with Crippen molar-refractivity contribution in [3.8, 4) is 0 Å². The van der Waals surface area contributed by atoms with E-state index in [1.165, 1.54) is 13.3 Å². The zero-order valence-corrected chi connectivity index (χ0v) is 7.80. The summed E-state index contributed by atoms with van der Waals surface area (Å²) >= 11 is 0. The van der Waals surface area contributed by atoms with Gasteiger partial charge < -0.3 is 9.84 Å². The van der Waals surface area contributed by atoms with Gasteiger partial charge in [0.15, 0.2) is 5.69 Å². The normalized spacial score (nSPS) is 17.9. The van der Waals surface area contributed by atoms with E-state index < -0.39 is 5.97 Å². The minimum Gasteiger partial charge on any atom is -0.464 e. The lowest BCUT2D eigenvalue weighted by Crippen LogP contribution is -2.22. The van der Waals surface area contributed by atoms with Crippen molar-refractivity contribution in [1.29, 1.82) is 0 Å². The summed E-state index contributed by atoms with van der Waals surface area (Å²) in [5, 5.41) is 16.6. The predicted molar refractivity (Wildman–Crippen MR) is 45.7 cm³/mol. The maximum absolute atomic E-state index is 11.1. The van der Waals surface area contributed by atoms with E-state index in [9.17, 15) is 4.79 Å². The first kappa shape index (κ1) is 9.14. The molecule has 1 aromatic heterocycles. The second-order valence-electron chi connectivity index (χ2n) is 3.42. The third-order valence-corrected chi connectivity index (χ3v) is 2.50. The molecule has 1 aliphatic rings. The van der Waals surface area contributed by atoms with Crippen molar-refractivity contribution in [2.75, 3.05) is 13.7 Å². The van der Waals surface area contributed by atoms with Gasteiger partial charge in [-0.25, -0.2) is 9.48 Å². The summed E-state index contributed by atoms with van der Waals surface area (Å²) in [5.74, 6) is -0.509. The van der Waals surface area contributed by atoms with E-state index in [2.05, 4.69) is 15.0 Å². The summed E-state index contributed by atoms with van der Waals surface area (Å²) in [6.45, 7) is 0.0248. The van der Waals surface area contributed by atoms with Crippen LogP contribution in [0.2, 0.25) is 0 Å². The Morgan fingerprint density at radius 1 is 1.79 bits per heavy atom. The Bertz CT molecular complexity index is 356. The number of carbonyl (C=O) groups is 1. The van der Waals surface area contributed by atoms with Crippen LogP contribution in [0, 0.1) is 0 Å². The average Bonchev–Trinajstić information content (AvgIpc) is 2.87. The Balaban J connectivity index is 2.22. The highest BCUT2D eigenvalue weighted by Crippen LogP contribution is 2.42. The molecule has 1 fully saturated rings. The molecule has 1 aromatic rings. The van der Waals surface area contributed by atoms with Crippen molar-refractivity contribution in [2.45, 2.75) is 18.4 Å². The minimum absolute atomic E-state index is 0.0248. The van der Waals surface area contributed by atoms with Gasteiger partial charge in [0, 0.05) is 0 Å². The monoisotopic (exact) mass is 197 g/mol. The van der Waals surface area contributed by atoms with Crippen LogP contribution < -0.4 is 0 Å². The molecule has 0 aliphatic heterocycles. The van der Waals surface area contributed by atoms with Crippen LogP contribution in [0.15, 0.2) is 6.20 Å². The van der Waals surface area contributed by atoms with Crippen LogP contribution in [-0.4, -0.2) is 39.8 Å². The maximum atomic E-state index is 11.1. The van der Waals surface area contributed by atoms with E-state index in [0.717, 1.165) is 12.8 Å². The molecular weight excluding hydrogens is 186 g/mol. The molecule has 76 valence electrons. The number of hydrogen-bond donors (Lipinski definition) is 1. The number of methoxy groups -OCH3 is 1. The van der Waals surface area contributed by atoms with Gasteiger partial charge >= 0.3 is 5.97 Å². The summed E-state index contributed by atoms with van der Waals surface area (Å²) in [6.07, 6.45) is 3.25. The highest BCUT2D eigenvalue weighted by molar-refractivity contribution is 5.86. The van der Waals surface area contributed by atoms with Crippen molar-refractivity contribution >= 4 is 5.97 Å². The first-order valence-corrected chi connectivity index (χ1v) is 4.34. The number of aliphatic hydroxyl groups is 1. The molecule has 0 saturated heterocycles. The second kappa shape index (κ2) is 3.06. The van der Waals surface area contributed by atoms with Crippen molar-refractivity contribution in [1.82, 2.24) is 15.0 Å². The molecule has 1 saturated carbocycles. The van der Waals surface area contributed by atoms with Gasteiger partial charge in [0.1, 0.15) is 0 Å². The zero-order valence-electron chi connectivity index (χ0n) is 7.80. The quantitative estimate of drug-likeness (QED) is 0.664. The highest BCUT2D eigenvalue weighted by atomic mass is 16.5. The van der Waals surface area contributed by atoms with E-state index in [1.54, 1.807) is 4.68 Å². The van der Waals surface area contributed by atoms with Crippen LogP contribution in [0.3, 0.4) is 0 Å². The van der Waals surface area contributed by atoms with Gasteiger partial charge in [-0.1, -0.05) is 5.21 Å². The van der Waals surface area contributed by atoms with E-state index in [0.29, 0.717) is 0 Å². The van der Waals surface area contributed by atoms with Crippen LogP contribution in [0.5, 0.6) is 0 Å². The molecular formula is C8H11N3O3. The van der Waals surface area contributed by atoms with E-state index in [4.69, 9.17) is 5.11 Å². The molecule has 6 heteroatoms. The Hall–Kier alpha value is -1.43. The average molecular weight is 197 g/mol. The number of hydrogen-bond acceptors (Lipinski definition) is 5. The first-order valence-electron chi connectivity index (χ1n) is 4.34. The fourth-order valence-electron chi connectivity index (χ4n) is 1.30. The molecule has 0 bridgehead atoms. The largest absolute Gasteiger partial charge is 0.464 e. The van der Waals surface area contributed by atoms with Gasteiger partial charge in [0.05, 0.1) is 25.5 Å². The lowest BCUT2D eigenvalue weighted by atomic mass is 10.3. The number of nitrogens with zero attached hydrogens (tertiary/aromatic N) is 3. The highest BCUT2D eigenvalue weighted by Gasteiger charge is 2.45. The molecule has 2 rings (SSSR count). The van der Waals surface area contributed by atoms with Crippen molar-refractivity contribution in [2.24, 2.45) is 0 Å². The third-order valence-electron chi connectivity index (χ3n) is 2.50. The number of ether oxygens (including phenoxy) is 1. The van der Waals surface area contributed by atoms with E-state index in [-0.39, 0.29) is 17.8 Å². The summed E-state index contributed by atoms with van der Waals surface area (Å²) in [5.41, 5.74) is -0.147. The molecule has 1 heterocycles. The SMILES string of the molecule is COC(=O)c1cn(C2(CO)CC2)nn1. The van der Waals surface area contributed by atoms with Gasteiger partial charge in [-0.15, -0.1) is 5.10 Å². The standard InChI is InChI=1S/C8H11N3O3/c1-14-7(13)6-4-11(10-9-6)8(5-12)2-3-8/h4,12H,2-3,5H2,1H3. The summed E-state index contributed by atoms with van der Waals surface area (Å²) < 4.78 is 6.04. The Morgan fingerprint density at radius 3 is 3.00 bits per heavy atom. The maximum Gasteiger partial charge on any atom is 0.360 e. The molecule has 6 nitrogen and oxygen atoms in total. The Labute approximate surface area is 80.5 Å². The van der Waals surface area contributed by atoms with Gasteiger partial charge in [0.2, 0.25) is 0 Å². The van der Waals surface area contributed by atoms with Crippen LogP contribution in [0.4, 0.5) is 0 Å². The number of aromatic nitrogens is 3. The minimum atomic E-state index is -0.509. The third kappa shape index (κ3) is 1.27. The zero-order chi connectivity index (χ0) is 10.2. The predicted octanol–water partition coefficient (Wildman–Crippen LogP) is -0.454. The number of esters is 1. The van der Waals surface area contributed by atoms with Crippen molar-refractivity contribution in [3.63, 3.8) is 0 Å². The molecule has 0 unspecified atom stereocenters. The van der Waals surface area contributed by atoms with Crippen molar-refractivity contribution < 1.29 is 14.6 Å². The second-order valence-corrected chi connectivity index (χ2v) is 3.42. The molecule has 0 amide bonds. The molecule has 0 spiro atoms. The molecule has 1 N–H and O–H groups in total. The van der Waals surface area contributed by atoms with Crippen LogP contribution in [0.1, 0.15) is 23.3 Å². The van der Waals surface area contributed by atoms with Crippen LogP contribution in [-0.2, 0) is 10.3 Å². The van der Waals surface area contributed by atoms with E-state index in [1.807, 2.05) is 0 Å². The molecule has 0 radical (unpaired) electrons. The molecule has 0 aromatic carbocycles. The summed E-state index contributed by atoms with van der Waals surface area (Å²) in [4.78, 5) is 11.1. The number of rotatable bonds is 3. The smallest absolute Gasteiger partial charge is 0.360 e. The first-order chi connectivity index (χ1) is 6.72. The Morgan fingerprint density at radius 2 is 2.50 bits per heavy atom. The van der Waals surface area contributed by atoms with E-state index >= 15 is 0 Å². The van der Waals surface area contributed by atoms with Gasteiger partial charge in [0.25, 0.3) is 0 Å². The fourth-order valence-corrected chi connectivity index (χ4v) is 1.30. The number of aliphatic hydroxyl groups excluding tert-OH is 1. The van der Waals surface area contributed by atoms with Gasteiger partial charge in [-0.2, -0.15) is 0 Å². The topological polar surface area (TPSA) is 77.2 Å². The fraction of sp³-hybridized carbons (Fsp3) is 0.625. The van der Waals surface area contributed by atoms with Gasteiger partial charge in [-0.05, 0) is 12.8 Å². The van der Waals surface area contributed by atoms with Gasteiger partial charge in [-0.3, -0.25) is 0 Å². The Kier molecular flexibility index (Phi) is 1.99. The van der Waals surface area contributed by atoms with Crippen molar-refractivity contribution in [3.05, 3.63) is 11.9 Å². The van der Waals surface area contributed by atoms with Crippen LogP contribution >= 0.6 is 0 Å². The molecule has 1 aliphatic carbocycles. The molecule has 14 heavy (non-hydrogen) atoms. The summed E-state index contributed by atoms with van der Waals surface area (Å²) in [7, 11) is 1.29. The molecule has 0 atom stereocenters. The number of carbonyl (C=O) groups excluding carboxylic acids is 1. The lowest BCUT2D eigenvalue weighted by molar-refractivity contribution is 0.0594. The van der Waals surface area contributed by atoms with Crippen LogP contribution in [0.25, 0.3) is 0 Å². The summed E-state index contributed by atoms with van der Waals surface area (Å²) in [6, 6.07) is 0. The lowest BCUT2D eigenvalue weighted by Gasteiger charge is -2.09.